The van der Waals surface area contributed by atoms with Crippen LogP contribution in [0.25, 0.3) is 32.7 Å². The van der Waals surface area contributed by atoms with Gasteiger partial charge in [-0.05, 0) is 45.2 Å². The lowest BCUT2D eigenvalue weighted by atomic mass is 9.92. The lowest BCUT2D eigenvalue weighted by Gasteiger charge is -2.14. The molecule has 2 nitrogen and oxygen atoms in total. The summed E-state index contributed by atoms with van der Waals surface area (Å²) in [5.41, 5.74) is 3.78. The Balaban J connectivity index is 1.85. The van der Waals surface area contributed by atoms with Crippen molar-refractivity contribution in [2.75, 3.05) is 0 Å². The first-order valence-electron chi connectivity index (χ1n) is 8.96. The van der Waals surface area contributed by atoms with Gasteiger partial charge in [-0.25, -0.2) is 4.79 Å². The Hall–Kier alpha value is -3.39. The number of hydrogen-bond acceptors (Lipinski definition) is 2. The van der Waals surface area contributed by atoms with Crippen molar-refractivity contribution >= 4 is 27.5 Å². The van der Waals surface area contributed by atoms with Gasteiger partial charge in [-0.3, -0.25) is 0 Å². The molecule has 4 aromatic carbocycles. The molecular formula is C25H20O2. The summed E-state index contributed by atoms with van der Waals surface area (Å²) < 4.78 is 5.37. The molecule has 0 spiro atoms. The third-order valence-electron chi connectivity index (χ3n) is 4.80. The van der Waals surface area contributed by atoms with Crippen LogP contribution < -0.4 is 0 Å². The summed E-state index contributed by atoms with van der Waals surface area (Å²) in [5, 5.41) is 4.69. The Morgan fingerprint density at radius 2 is 1.41 bits per heavy atom. The molecule has 0 amide bonds. The highest BCUT2D eigenvalue weighted by Gasteiger charge is 2.11. The molecular weight excluding hydrogens is 332 g/mol. The molecule has 0 unspecified atom stereocenters. The van der Waals surface area contributed by atoms with Gasteiger partial charge in [0.1, 0.15) is 6.61 Å². The fraction of sp³-hybridized carbons (Fsp3) is 0.0800. The lowest BCUT2D eigenvalue weighted by molar-refractivity contribution is -0.140. The topological polar surface area (TPSA) is 26.3 Å². The maximum Gasteiger partial charge on any atom is 0.333 e. The van der Waals surface area contributed by atoms with E-state index in [4.69, 9.17) is 4.74 Å². The summed E-state index contributed by atoms with van der Waals surface area (Å²) in [6.45, 7) is 5.53. The van der Waals surface area contributed by atoms with Crippen LogP contribution in [0.1, 0.15) is 12.5 Å². The van der Waals surface area contributed by atoms with E-state index in [9.17, 15) is 4.79 Å². The van der Waals surface area contributed by atoms with E-state index in [1.165, 1.54) is 21.9 Å². The van der Waals surface area contributed by atoms with Crippen LogP contribution in [0.4, 0.5) is 0 Å². The van der Waals surface area contributed by atoms with Gasteiger partial charge >= 0.3 is 5.97 Å². The van der Waals surface area contributed by atoms with E-state index in [0.717, 1.165) is 16.3 Å². The van der Waals surface area contributed by atoms with Gasteiger partial charge in [0.15, 0.2) is 0 Å². The average Bonchev–Trinajstić information content (AvgIpc) is 2.71. The monoisotopic (exact) mass is 352 g/mol. The molecule has 0 N–H and O–H groups in total. The molecule has 0 atom stereocenters. The van der Waals surface area contributed by atoms with E-state index < -0.39 is 0 Å². The molecule has 0 aliphatic carbocycles. The number of rotatable bonds is 4. The molecule has 27 heavy (non-hydrogen) atoms. The standard InChI is InChI=1S/C25H20O2/c1-17(2)25(26)27-16-19-14-15-24(22-12-6-5-11-21(19)22)23-13-7-9-18-8-3-4-10-20(18)23/h3-15H,1,16H2,2H3. The third-order valence-corrected chi connectivity index (χ3v) is 4.80. The molecule has 0 saturated heterocycles. The molecule has 0 bridgehead atoms. The normalized spacial score (nSPS) is 10.9. The predicted octanol–water partition coefficient (Wildman–Crippen LogP) is 6.28. The Morgan fingerprint density at radius 3 is 2.19 bits per heavy atom. The van der Waals surface area contributed by atoms with Crippen molar-refractivity contribution in [2.24, 2.45) is 0 Å². The van der Waals surface area contributed by atoms with Gasteiger partial charge in [-0.15, -0.1) is 0 Å². The predicted molar refractivity (Wildman–Crippen MR) is 112 cm³/mol. The number of carbonyl (C=O) groups excluding carboxylic acids is 1. The molecule has 0 fully saturated rings. The fourth-order valence-electron chi connectivity index (χ4n) is 3.45. The second-order valence-electron chi connectivity index (χ2n) is 6.70. The summed E-state index contributed by atoms with van der Waals surface area (Å²) in [5.74, 6) is -0.364. The second-order valence-corrected chi connectivity index (χ2v) is 6.70. The maximum atomic E-state index is 11.8. The zero-order valence-electron chi connectivity index (χ0n) is 15.2. The number of benzene rings is 4. The van der Waals surface area contributed by atoms with E-state index in [1.807, 2.05) is 18.2 Å². The first-order chi connectivity index (χ1) is 13.1. The van der Waals surface area contributed by atoms with Crippen LogP contribution in [-0.2, 0) is 16.1 Å². The van der Waals surface area contributed by atoms with Gasteiger partial charge in [-0.2, -0.15) is 0 Å². The second kappa shape index (κ2) is 7.08. The van der Waals surface area contributed by atoms with E-state index >= 15 is 0 Å². The van der Waals surface area contributed by atoms with Crippen molar-refractivity contribution in [1.82, 2.24) is 0 Å². The maximum absolute atomic E-state index is 11.8. The van der Waals surface area contributed by atoms with Crippen molar-refractivity contribution in [2.45, 2.75) is 13.5 Å². The van der Waals surface area contributed by atoms with Crippen molar-refractivity contribution in [1.29, 1.82) is 0 Å². The van der Waals surface area contributed by atoms with Gasteiger partial charge in [0.25, 0.3) is 0 Å². The minimum Gasteiger partial charge on any atom is -0.457 e. The summed E-state index contributed by atoms with van der Waals surface area (Å²) in [6.07, 6.45) is 0. The van der Waals surface area contributed by atoms with E-state index in [0.29, 0.717) is 5.57 Å². The van der Waals surface area contributed by atoms with E-state index in [1.54, 1.807) is 6.92 Å². The van der Waals surface area contributed by atoms with Crippen molar-refractivity contribution < 1.29 is 9.53 Å². The Bertz CT molecular complexity index is 1170. The van der Waals surface area contributed by atoms with Crippen LogP contribution in [-0.4, -0.2) is 5.97 Å². The molecule has 0 aliphatic rings. The number of esters is 1. The Labute approximate surface area is 158 Å². The Morgan fingerprint density at radius 1 is 0.778 bits per heavy atom. The minimum absolute atomic E-state index is 0.238. The summed E-state index contributed by atoms with van der Waals surface area (Å²) in [7, 11) is 0. The molecule has 132 valence electrons. The molecule has 0 saturated carbocycles. The molecule has 0 heterocycles. The summed E-state index contributed by atoms with van der Waals surface area (Å²) >= 11 is 0. The van der Waals surface area contributed by atoms with Crippen molar-refractivity contribution in [3.63, 3.8) is 0 Å². The van der Waals surface area contributed by atoms with Crippen LogP contribution in [0, 0.1) is 0 Å². The summed E-state index contributed by atoms with van der Waals surface area (Å²) in [6, 6.07) is 27.2. The van der Waals surface area contributed by atoms with Crippen LogP contribution in [0.5, 0.6) is 0 Å². The van der Waals surface area contributed by atoms with Gasteiger partial charge in [0.05, 0.1) is 0 Å². The Kier molecular flexibility index (Phi) is 4.47. The highest BCUT2D eigenvalue weighted by atomic mass is 16.5. The van der Waals surface area contributed by atoms with Crippen molar-refractivity contribution in [3.8, 4) is 11.1 Å². The van der Waals surface area contributed by atoms with Gasteiger partial charge in [0, 0.05) is 5.57 Å². The quantitative estimate of drug-likeness (QED) is 0.319. The average molecular weight is 352 g/mol. The lowest BCUT2D eigenvalue weighted by Crippen LogP contribution is -2.05. The van der Waals surface area contributed by atoms with Gasteiger partial charge in [-0.1, -0.05) is 85.4 Å². The first kappa shape index (κ1) is 17.0. The van der Waals surface area contributed by atoms with E-state index in [2.05, 4.69) is 67.2 Å². The van der Waals surface area contributed by atoms with Crippen LogP contribution >= 0.6 is 0 Å². The molecule has 2 heteroatoms. The van der Waals surface area contributed by atoms with Crippen molar-refractivity contribution in [3.05, 3.63) is 96.6 Å². The zero-order chi connectivity index (χ0) is 18.8. The van der Waals surface area contributed by atoms with E-state index in [-0.39, 0.29) is 12.6 Å². The number of fused-ring (bicyclic) bond motifs is 2. The first-order valence-corrected chi connectivity index (χ1v) is 8.96. The number of hydrogen-bond donors (Lipinski definition) is 0. The summed E-state index contributed by atoms with van der Waals surface area (Å²) in [4.78, 5) is 11.8. The molecule has 0 aliphatic heterocycles. The number of ether oxygens (including phenoxy) is 1. The molecule has 4 aromatic rings. The largest absolute Gasteiger partial charge is 0.457 e. The fourth-order valence-corrected chi connectivity index (χ4v) is 3.45. The van der Waals surface area contributed by atoms with Crippen LogP contribution in [0.3, 0.4) is 0 Å². The number of carbonyl (C=O) groups is 1. The molecule has 0 aromatic heterocycles. The minimum atomic E-state index is -0.364. The SMILES string of the molecule is C=C(C)C(=O)OCc1ccc(-c2cccc3ccccc23)c2ccccc12. The van der Waals surface area contributed by atoms with Crippen LogP contribution in [0.2, 0.25) is 0 Å². The van der Waals surface area contributed by atoms with Crippen LogP contribution in [0.15, 0.2) is 91.0 Å². The molecule has 4 rings (SSSR count). The highest BCUT2D eigenvalue weighted by Crippen LogP contribution is 2.35. The molecule has 0 radical (unpaired) electrons. The third kappa shape index (κ3) is 3.22. The van der Waals surface area contributed by atoms with Gasteiger partial charge in [0.2, 0.25) is 0 Å². The zero-order valence-corrected chi connectivity index (χ0v) is 15.2. The smallest absolute Gasteiger partial charge is 0.333 e. The van der Waals surface area contributed by atoms with Gasteiger partial charge < -0.3 is 4.74 Å². The highest BCUT2D eigenvalue weighted by molar-refractivity contribution is 6.06.